The van der Waals surface area contributed by atoms with Crippen molar-refractivity contribution in [1.82, 2.24) is 5.32 Å². The van der Waals surface area contributed by atoms with Gasteiger partial charge in [-0.05, 0) is 47.9 Å². The molecule has 0 aromatic heterocycles. The first-order valence-corrected chi connectivity index (χ1v) is 10.1. The SMILES string of the molecule is NC(=O)CC(NC(=O)c1ccc(Cl)cc1)C(=O)Nc1ccccc1Cc1ccccc1. The Kier molecular flexibility index (Phi) is 7.40. The molecule has 3 aromatic carbocycles. The summed E-state index contributed by atoms with van der Waals surface area (Å²) in [5, 5.41) is 5.88. The Bertz CT molecular complexity index is 1070. The largest absolute Gasteiger partial charge is 0.370 e. The average Bonchev–Trinajstić information content (AvgIpc) is 2.75. The third-order valence-electron chi connectivity index (χ3n) is 4.65. The zero-order valence-electron chi connectivity index (χ0n) is 16.7. The summed E-state index contributed by atoms with van der Waals surface area (Å²) in [7, 11) is 0. The highest BCUT2D eigenvalue weighted by Crippen LogP contribution is 2.20. The minimum absolute atomic E-state index is 0.316. The zero-order valence-corrected chi connectivity index (χ0v) is 17.4. The van der Waals surface area contributed by atoms with E-state index in [1.54, 1.807) is 24.3 Å². The Morgan fingerprint density at radius 3 is 2.19 bits per heavy atom. The van der Waals surface area contributed by atoms with E-state index in [9.17, 15) is 14.4 Å². The molecule has 0 aliphatic carbocycles. The Labute approximate surface area is 185 Å². The van der Waals surface area contributed by atoms with Crippen LogP contribution in [0.1, 0.15) is 27.9 Å². The molecule has 0 saturated heterocycles. The van der Waals surface area contributed by atoms with Gasteiger partial charge < -0.3 is 16.4 Å². The van der Waals surface area contributed by atoms with E-state index >= 15 is 0 Å². The molecule has 0 aliphatic heterocycles. The number of halogens is 1. The number of anilines is 1. The van der Waals surface area contributed by atoms with Gasteiger partial charge in [0.1, 0.15) is 6.04 Å². The number of hydrogen-bond donors (Lipinski definition) is 3. The van der Waals surface area contributed by atoms with E-state index in [4.69, 9.17) is 17.3 Å². The molecule has 3 amide bonds. The van der Waals surface area contributed by atoms with Gasteiger partial charge in [0.2, 0.25) is 11.8 Å². The second kappa shape index (κ2) is 10.4. The molecule has 7 heteroatoms. The third kappa shape index (κ3) is 6.42. The fourth-order valence-electron chi connectivity index (χ4n) is 3.09. The maximum absolute atomic E-state index is 12.9. The van der Waals surface area contributed by atoms with Crippen molar-refractivity contribution in [3.8, 4) is 0 Å². The third-order valence-corrected chi connectivity index (χ3v) is 4.90. The lowest BCUT2D eigenvalue weighted by molar-refractivity contribution is -0.123. The lowest BCUT2D eigenvalue weighted by atomic mass is 10.0. The number of hydrogen-bond acceptors (Lipinski definition) is 3. The summed E-state index contributed by atoms with van der Waals surface area (Å²) in [4.78, 5) is 37.0. The van der Waals surface area contributed by atoms with Crippen molar-refractivity contribution in [3.63, 3.8) is 0 Å². The molecule has 0 heterocycles. The molecule has 1 unspecified atom stereocenters. The summed E-state index contributed by atoms with van der Waals surface area (Å²) in [5.74, 6) is -1.73. The highest BCUT2D eigenvalue weighted by Gasteiger charge is 2.24. The van der Waals surface area contributed by atoms with Crippen LogP contribution >= 0.6 is 11.6 Å². The summed E-state index contributed by atoms with van der Waals surface area (Å²) in [5.41, 5.74) is 8.22. The van der Waals surface area contributed by atoms with Crippen LogP contribution in [0.5, 0.6) is 0 Å². The molecular formula is C24H22ClN3O3. The summed E-state index contributed by atoms with van der Waals surface area (Å²) < 4.78 is 0. The van der Waals surface area contributed by atoms with Gasteiger partial charge in [0.05, 0.1) is 6.42 Å². The Hall–Kier alpha value is -3.64. The molecule has 0 aliphatic rings. The molecule has 158 valence electrons. The molecule has 0 saturated carbocycles. The smallest absolute Gasteiger partial charge is 0.251 e. The van der Waals surface area contributed by atoms with Crippen molar-refractivity contribution in [2.45, 2.75) is 18.9 Å². The zero-order chi connectivity index (χ0) is 22.2. The maximum Gasteiger partial charge on any atom is 0.251 e. The van der Waals surface area contributed by atoms with E-state index in [0.717, 1.165) is 11.1 Å². The number of benzene rings is 3. The first kappa shape index (κ1) is 22.1. The first-order chi connectivity index (χ1) is 14.9. The number of amides is 3. The normalized spacial score (nSPS) is 11.4. The summed E-state index contributed by atoms with van der Waals surface area (Å²) >= 11 is 5.85. The molecule has 0 spiro atoms. The molecule has 3 aromatic rings. The van der Waals surface area contributed by atoms with E-state index in [1.165, 1.54) is 12.1 Å². The lowest BCUT2D eigenvalue weighted by Crippen LogP contribution is -2.46. The van der Waals surface area contributed by atoms with Crippen molar-refractivity contribution in [2.75, 3.05) is 5.32 Å². The van der Waals surface area contributed by atoms with Gasteiger partial charge in [0.15, 0.2) is 0 Å². The van der Waals surface area contributed by atoms with Crippen LogP contribution in [0.2, 0.25) is 5.02 Å². The van der Waals surface area contributed by atoms with E-state index in [0.29, 0.717) is 22.7 Å². The average molecular weight is 436 g/mol. The van der Waals surface area contributed by atoms with E-state index in [-0.39, 0.29) is 6.42 Å². The van der Waals surface area contributed by atoms with Crippen molar-refractivity contribution < 1.29 is 14.4 Å². The minimum atomic E-state index is -1.12. The van der Waals surface area contributed by atoms with Gasteiger partial charge in [-0.2, -0.15) is 0 Å². The monoisotopic (exact) mass is 435 g/mol. The number of rotatable bonds is 8. The van der Waals surface area contributed by atoms with E-state index in [1.807, 2.05) is 42.5 Å². The van der Waals surface area contributed by atoms with Gasteiger partial charge in [-0.25, -0.2) is 0 Å². The Morgan fingerprint density at radius 1 is 0.871 bits per heavy atom. The van der Waals surface area contributed by atoms with Gasteiger partial charge in [-0.15, -0.1) is 0 Å². The number of carbonyl (C=O) groups excluding carboxylic acids is 3. The first-order valence-electron chi connectivity index (χ1n) is 9.70. The Balaban J connectivity index is 1.76. The van der Waals surface area contributed by atoms with Crippen molar-refractivity contribution in [1.29, 1.82) is 0 Å². The molecule has 3 rings (SSSR count). The molecule has 1 atom stereocenters. The number of primary amides is 1. The quantitative estimate of drug-likeness (QED) is 0.504. The van der Waals surface area contributed by atoms with Gasteiger partial charge in [0.25, 0.3) is 5.91 Å². The summed E-state index contributed by atoms with van der Waals surface area (Å²) in [6.07, 6.45) is 0.293. The second-order valence-corrected chi connectivity index (χ2v) is 7.45. The van der Waals surface area contributed by atoms with Crippen LogP contribution in [0.4, 0.5) is 5.69 Å². The lowest BCUT2D eigenvalue weighted by Gasteiger charge is -2.19. The fraction of sp³-hybridized carbons (Fsp3) is 0.125. The molecular weight excluding hydrogens is 414 g/mol. The van der Waals surface area contributed by atoms with E-state index < -0.39 is 23.8 Å². The van der Waals surface area contributed by atoms with Crippen molar-refractivity contribution >= 4 is 35.0 Å². The maximum atomic E-state index is 12.9. The van der Waals surface area contributed by atoms with Crippen LogP contribution in [0.25, 0.3) is 0 Å². The number of para-hydroxylation sites is 1. The summed E-state index contributed by atoms with van der Waals surface area (Å²) in [6.45, 7) is 0. The standard InChI is InChI=1S/C24H22ClN3O3/c25-19-12-10-17(11-13-19)23(30)28-21(15-22(26)29)24(31)27-20-9-5-4-8-18(20)14-16-6-2-1-3-7-16/h1-13,21H,14-15H2,(H2,26,29)(H,27,31)(H,28,30). The molecule has 4 N–H and O–H groups in total. The van der Waals surface area contributed by atoms with Gasteiger partial charge in [-0.3, -0.25) is 14.4 Å². The molecule has 6 nitrogen and oxygen atoms in total. The molecule has 0 fully saturated rings. The highest BCUT2D eigenvalue weighted by atomic mass is 35.5. The summed E-state index contributed by atoms with van der Waals surface area (Å²) in [6, 6.07) is 22.3. The van der Waals surface area contributed by atoms with Crippen LogP contribution in [0.3, 0.4) is 0 Å². The topological polar surface area (TPSA) is 101 Å². The van der Waals surface area contributed by atoms with Crippen molar-refractivity contribution in [3.05, 3.63) is 101 Å². The van der Waals surface area contributed by atoms with Crippen LogP contribution in [0, 0.1) is 0 Å². The van der Waals surface area contributed by atoms with Crippen molar-refractivity contribution in [2.24, 2.45) is 5.73 Å². The fourth-order valence-corrected chi connectivity index (χ4v) is 3.21. The van der Waals surface area contributed by atoms with Gasteiger partial charge in [0, 0.05) is 16.3 Å². The van der Waals surface area contributed by atoms with Gasteiger partial charge >= 0.3 is 0 Å². The number of nitrogens with two attached hydrogens (primary N) is 1. The van der Waals surface area contributed by atoms with Crippen LogP contribution in [-0.2, 0) is 16.0 Å². The number of carbonyl (C=O) groups is 3. The van der Waals surface area contributed by atoms with Gasteiger partial charge in [-0.1, -0.05) is 60.1 Å². The molecule has 0 radical (unpaired) electrons. The predicted octanol–water partition coefficient (Wildman–Crippen LogP) is 3.54. The Morgan fingerprint density at radius 2 is 1.52 bits per heavy atom. The molecule has 0 bridgehead atoms. The van der Waals surface area contributed by atoms with Crippen LogP contribution in [-0.4, -0.2) is 23.8 Å². The van der Waals surface area contributed by atoms with E-state index in [2.05, 4.69) is 10.6 Å². The molecule has 31 heavy (non-hydrogen) atoms. The highest BCUT2D eigenvalue weighted by molar-refractivity contribution is 6.30. The number of nitrogens with one attached hydrogen (secondary N) is 2. The second-order valence-electron chi connectivity index (χ2n) is 7.01. The predicted molar refractivity (Wildman–Crippen MR) is 121 cm³/mol. The minimum Gasteiger partial charge on any atom is -0.370 e. The van der Waals surface area contributed by atoms with Crippen LogP contribution in [0.15, 0.2) is 78.9 Å². The van der Waals surface area contributed by atoms with Crippen LogP contribution < -0.4 is 16.4 Å².